The Labute approximate surface area is 221 Å². The van der Waals surface area contributed by atoms with E-state index in [0.717, 1.165) is 16.9 Å². The zero-order valence-corrected chi connectivity index (χ0v) is 22.7. The molecule has 5 heterocycles. The van der Waals surface area contributed by atoms with Crippen molar-refractivity contribution in [3.05, 3.63) is 35.9 Å². The minimum atomic E-state index is -0.534. The van der Waals surface area contributed by atoms with E-state index < -0.39 is 5.60 Å². The summed E-state index contributed by atoms with van der Waals surface area (Å²) in [6.07, 6.45) is 5.70. The lowest BCUT2D eigenvalue weighted by atomic mass is 10.1. The number of hydrogen-bond acceptors (Lipinski definition) is 8. The predicted molar refractivity (Wildman–Crippen MR) is 143 cm³/mol. The van der Waals surface area contributed by atoms with E-state index in [4.69, 9.17) is 9.47 Å². The fourth-order valence-corrected chi connectivity index (χ4v) is 4.99. The molecule has 0 aliphatic carbocycles. The fourth-order valence-electron chi connectivity index (χ4n) is 4.99. The highest BCUT2D eigenvalue weighted by Gasteiger charge is 2.34. The molecule has 1 N–H and O–H groups in total. The van der Waals surface area contributed by atoms with E-state index in [1.807, 2.05) is 46.9 Å². The average molecular weight is 523 g/mol. The number of rotatable bonds is 3. The van der Waals surface area contributed by atoms with Crippen LogP contribution in [0.25, 0.3) is 5.78 Å². The number of fused-ring (bicyclic) bond motifs is 2. The lowest BCUT2D eigenvalue weighted by molar-refractivity contribution is 0.0159. The highest BCUT2D eigenvalue weighted by Crippen LogP contribution is 2.35. The van der Waals surface area contributed by atoms with E-state index in [-0.39, 0.29) is 24.0 Å². The number of aromatic nitrogens is 4. The molecule has 3 aromatic rings. The van der Waals surface area contributed by atoms with E-state index in [0.29, 0.717) is 49.9 Å². The average Bonchev–Trinajstić information content (AvgIpc) is 3.44. The maximum atomic E-state index is 13.4. The first-order chi connectivity index (χ1) is 18.0. The number of nitrogens with zero attached hydrogens (tertiary/aromatic N) is 7. The Kier molecular flexibility index (Phi) is 6.49. The van der Waals surface area contributed by atoms with Gasteiger partial charge in [0, 0.05) is 62.1 Å². The van der Waals surface area contributed by atoms with Crippen molar-refractivity contribution in [2.24, 2.45) is 0 Å². The third kappa shape index (κ3) is 4.90. The normalized spacial score (nSPS) is 17.5. The number of methoxy groups -OCH3 is 1. The Morgan fingerprint density at radius 1 is 1.13 bits per heavy atom. The van der Waals surface area contributed by atoms with Crippen LogP contribution >= 0.6 is 0 Å². The number of amides is 3. The number of piperazine rings is 1. The summed E-state index contributed by atoms with van der Waals surface area (Å²) in [5, 5.41) is 2.93. The van der Waals surface area contributed by atoms with Gasteiger partial charge in [-0.2, -0.15) is 4.98 Å². The van der Waals surface area contributed by atoms with Gasteiger partial charge in [-0.1, -0.05) is 0 Å². The lowest BCUT2D eigenvalue weighted by Crippen LogP contribution is -2.55. The standard InChI is InChI=1S/C26H34N8O4/c1-16-13-32-15-19(22(37-6)30-23(32)28-16)29-24(35)34-10-8-18-20(7-9-27-21(18)34)31-11-12-33(17(2)14-31)25(36)38-26(3,4)5/h7,9,13,15,17H,8,10-12,14H2,1-6H3,(H,29,35). The van der Waals surface area contributed by atoms with Gasteiger partial charge in [-0.3, -0.25) is 9.30 Å². The number of carbonyl (C=O) groups excluding carboxylic acids is 2. The van der Waals surface area contributed by atoms with Crippen LogP contribution in [-0.2, 0) is 11.2 Å². The first kappa shape index (κ1) is 25.6. The summed E-state index contributed by atoms with van der Waals surface area (Å²) in [6.45, 7) is 11.9. The molecule has 0 bridgehead atoms. The molecular formula is C26H34N8O4. The molecule has 0 spiro atoms. The Hall–Kier alpha value is -4.09. The molecule has 0 radical (unpaired) electrons. The van der Waals surface area contributed by atoms with Crippen LogP contribution in [0.1, 0.15) is 39.0 Å². The number of carbonyl (C=O) groups is 2. The van der Waals surface area contributed by atoms with Crippen molar-refractivity contribution in [3.8, 4) is 5.88 Å². The molecule has 1 fully saturated rings. The van der Waals surface area contributed by atoms with Gasteiger partial charge in [-0.05, 0) is 47.1 Å². The molecule has 1 unspecified atom stereocenters. The number of nitrogens with one attached hydrogen (secondary N) is 1. The van der Waals surface area contributed by atoms with Crippen LogP contribution in [0.15, 0.2) is 24.7 Å². The van der Waals surface area contributed by atoms with Crippen LogP contribution in [0, 0.1) is 6.92 Å². The minimum Gasteiger partial charge on any atom is -0.479 e. The van der Waals surface area contributed by atoms with Crippen LogP contribution in [0.4, 0.5) is 26.8 Å². The quantitative estimate of drug-likeness (QED) is 0.556. The minimum absolute atomic E-state index is 0.0232. The summed E-state index contributed by atoms with van der Waals surface area (Å²) < 4.78 is 12.7. The molecule has 3 aromatic heterocycles. The fraction of sp³-hybridized carbons (Fsp3) is 0.500. The highest BCUT2D eigenvalue weighted by atomic mass is 16.6. The van der Waals surface area contributed by atoms with Crippen LogP contribution in [0.2, 0.25) is 0 Å². The molecule has 3 amide bonds. The molecular weight excluding hydrogens is 488 g/mol. The summed E-state index contributed by atoms with van der Waals surface area (Å²) in [5.74, 6) is 1.42. The summed E-state index contributed by atoms with van der Waals surface area (Å²) >= 11 is 0. The van der Waals surface area contributed by atoms with Crippen molar-refractivity contribution in [1.29, 1.82) is 0 Å². The van der Waals surface area contributed by atoms with Crippen molar-refractivity contribution < 1.29 is 19.1 Å². The zero-order chi connectivity index (χ0) is 27.2. The monoisotopic (exact) mass is 522 g/mol. The molecule has 12 heteroatoms. The van der Waals surface area contributed by atoms with Gasteiger partial charge >= 0.3 is 12.1 Å². The van der Waals surface area contributed by atoms with E-state index in [1.54, 1.807) is 26.6 Å². The molecule has 1 atom stereocenters. The lowest BCUT2D eigenvalue weighted by Gasteiger charge is -2.41. The zero-order valence-electron chi connectivity index (χ0n) is 22.7. The Morgan fingerprint density at radius 3 is 2.63 bits per heavy atom. The first-order valence-corrected chi connectivity index (χ1v) is 12.8. The van der Waals surface area contributed by atoms with Gasteiger partial charge in [0.25, 0.3) is 0 Å². The Bertz CT molecular complexity index is 1380. The van der Waals surface area contributed by atoms with Crippen LogP contribution in [0.3, 0.4) is 0 Å². The second kappa shape index (κ2) is 9.66. The molecule has 0 aromatic carbocycles. The molecule has 2 aliphatic rings. The summed E-state index contributed by atoms with van der Waals surface area (Å²) in [4.78, 5) is 45.0. The second-order valence-electron chi connectivity index (χ2n) is 10.7. The summed E-state index contributed by atoms with van der Waals surface area (Å²) in [6, 6.07) is 1.65. The third-order valence-electron chi connectivity index (χ3n) is 6.66. The first-order valence-electron chi connectivity index (χ1n) is 12.8. The van der Waals surface area contributed by atoms with Crippen molar-refractivity contribution in [3.63, 3.8) is 0 Å². The van der Waals surface area contributed by atoms with Gasteiger partial charge in [0.05, 0.1) is 12.8 Å². The van der Waals surface area contributed by atoms with E-state index in [2.05, 4.69) is 25.2 Å². The van der Waals surface area contributed by atoms with Gasteiger partial charge < -0.3 is 24.6 Å². The second-order valence-corrected chi connectivity index (χ2v) is 10.7. The SMILES string of the molecule is COc1nc2nc(C)cn2cc1NC(=O)N1CCc2c(N3CCN(C(=O)OC(C)(C)C)C(C)C3)ccnc21. The van der Waals surface area contributed by atoms with Crippen LogP contribution in [0.5, 0.6) is 5.88 Å². The number of hydrogen-bond donors (Lipinski definition) is 1. The number of anilines is 3. The molecule has 2 aliphatic heterocycles. The maximum Gasteiger partial charge on any atom is 0.410 e. The number of urea groups is 1. The number of pyridine rings is 1. The van der Waals surface area contributed by atoms with Gasteiger partial charge in [-0.15, -0.1) is 0 Å². The largest absolute Gasteiger partial charge is 0.479 e. The number of ether oxygens (including phenoxy) is 2. The smallest absolute Gasteiger partial charge is 0.410 e. The molecule has 0 saturated carbocycles. The van der Waals surface area contributed by atoms with Crippen LogP contribution < -0.4 is 19.9 Å². The van der Waals surface area contributed by atoms with E-state index in [1.165, 1.54) is 7.11 Å². The van der Waals surface area contributed by atoms with E-state index >= 15 is 0 Å². The summed E-state index contributed by atoms with van der Waals surface area (Å²) in [7, 11) is 1.51. The predicted octanol–water partition coefficient (Wildman–Crippen LogP) is 3.48. The van der Waals surface area contributed by atoms with Crippen molar-refractivity contribution in [2.75, 3.05) is 48.4 Å². The molecule has 202 valence electrons. The van der Waals surface area contributed by atoms with Gasteiger partial charge in [0.1, 0.15) is 17.1 Å². The van der Waals surface area contributed by atoms with Gasteiger partial charge in [0.2, 0.25) is 11.7 Å². The summed E-state index contributed by atoms with van der Waals surface area (Å²) in [5.41, 5.74) is 2.78. The molecule has 38 heavy (non-hydrogen) atoms. The maximum absolute atomic E-state index is 13.4. The molecule has 1 saturated heterocycles. The highest BCUT2D eigenvalue weighted by molar-refractivity contribution is 6.03. The topological polar surface area (TPSA) is 117 Å². The Balaban J connectivity index is 1.32. The third-order valence-corrected chi connectivity index (χ3v) is 6.66. The molecule has 12 nitrogen and oxygen atoms in total. The van der Waals surface area contributed by atoms with Crippen molar-refractivity contribution in [1.82, 2.24) is 24.3 Å². The van der Waals surface area contributed by atoms with Crippen molar-refractivity contribution in [2.45, 2.75) is 52.7 Å². The van der Waals surface area contributed by atoms with Gasteiger partial charge in [0.15, 0.2) is 0 Å². The van der Waals surface area contributed by atoms with Gasteiger partial charge in [-0.25, -0.2) is 19.6 Å². The van der Waals surface area contributed by atoms with Crippen molar-refractivity contribution >= 4 is 35.1 Å². The number of imidazole rings is 1. The Morgan fingerprint density at radius 2 is 1.92 bits per heavy atom. The van der Waals surface area contributed by atoms with Crippen LogP contribution in [-0.4, -0.2) is 81.3 Å². The number of aryl methyl sites for hydroxylation is 1. The van der Waals surface area contributed by atoms with E-state index in [9.17, 15) is 9.59 Å². The molecule has 5 rings (SSSR count).